The standard InChI is InChI=1S/C18H18N4O/c19-8-11-1-3-13-12(7-11)2-4-16(13)22-18(23)15-9-20-10-17-14(15)5-6-21-17/h1,3,5-7,9-10,16,21H,2,4,8,19H2,(H,22,23). The number of nitrogens with two attached hydrogens (primary N) is 1. The first kappa shape index (κ1) is 14.0. The molecule has 1 atom stereocenters. The predicted molar refractivity (Wildman–Crippen MR) is 89.0 cm³/mol. The number of benzene rings is 1. The lowest BCUT2D eigenvalue weighted by Gasteiger charge is -2.15. The van der Waals surface area contributed by atoms with Gasteiger partial charge in [0.25, 0.3) is 5.91 Å². The molecule has 5 heteroatoms. The lowest BCUT2D eigenvalue weighted by atomic mass is 10.0. The Hall–Kier alpha value is -2.66. The van der Waals surface area contributed by atoms with Crippen molar-refractivity contribution in [3.05, 3.63) is 65.1 Å². The Morgan fingerprint density at radius 1 is 1.35 bits per heavy atom. The molecule has 0 saturated heterocycles. The quantitative estimate of drug-likeness (QED) is 0.695. The molecule has 1 aliphatic rings. The molecule has 4 N–H and O–H groups in total. The van der Waals surface area contributed by atoms with Gasteiger partial charge in [-0.15, -0.1) is 0 Å². The average molecular weight is 306 g/mol. The Morgan fingerprint density at radius 2 is 2.26 bits per heavy atom. The summed E-state index contributed by atoms with van der Waals surface area (Å²) >= 11 is 0. The van der Waals surface area contributed by atoms with Crippen molar-refractivity contribution in [3.63, 3.8) is 0 Å². The minimum atomic E-state index is -0.0801. The van der Waals surface area contributed by atoms with E-state index in [1.54, 1.807) is 12.4 Å². The molecule has 0 aliphatic heterocycles. The third-order valence-corrected chi connectivity index (χ3v) is 4.55. The van der Waals surface area contributed by atoms with Gasteiger partial charge >= 0.3 is 0 Å². The van der Waals surface area contributed by atoms with Gasteiger partial charge in [0.05, 0.1) is 23.3 Å². The lowest BCUT2D eigenvalue weighted by Crippen LogP contribution is -2.27. The van der Waals surface area contributed by atoms with E-state index in [0.29, 0.717) is 12.1 Å². The molecule has 0 bridgehead atoms. The summed E-state index contributed by atoms with van der Waals surface area (Å²) in [6, 6.07) is 8.24. The summed E-state index contributed by atoms with van der Waals surface area (Å²) < 4.78 is 0. The van der Waals surface area contributed by atoms with Crippen LogP contribution in [0.5, 0.6) is 0 Å². The zero-order chi connectivity index (χ0) is 15.8. The van der Waals surface area contributed by atoms with Crippen LogP contribution in [0.1, 0.15) is 39.5 Å². The molecule has 1 unspecified atom stereocenters. The largest absolute Gasteiger partial charge is 0.360 e. The maximum atomic E-state index is 12.7. The maximum absolute atomic E-state index is 12.7. The van der Waals surface area contributed by atoms with Crippen LogP contribution >= 0.6 is 0 Å². The van der Waals surface area contributed by atoms with Gasteiger partial charge in [-0.1, -0.05) is 18.2 Å². The van der Waals surface area contributed by atoms with E-state index < -0.39 is 0 Å². The van der Waals surface area contributed by atoms with E-state index in [1.165, 1.54) is 11.1 Å². The number of hydrogen-bond donors (Lipinski definition) is 3. The number of pyridine rings is 1. The van der Waals surface area contributed by atoms with Crippen LogP contribution in [-0.2, 0) is 13.0 Å². The molecule has 23 heavy (non-hydrogen) atoms. The number of aromatic nitrogens is 2. The number of H-pyrrole nitrogens is 1. The summed E-state index contributed by atoms with van der Waals surface area (Å²) in [7, 11) is 0. The van der Waals surface area contributed by atoms with Crippen LogP contribution in [0.4, 0.5) is 0 Å². The molecule has 0 spiro atoms. The first-order chi connectivity index (χ1) is 11.3. The molecule has 116 valence electrons. The first-order valence-electron chi connectivity index (χ1n) is 7.80. The monoisotopic (exact) mass is 306 g/mol. The second-order valence-corrected chi connectivity index (χ2v) is 5.93. The molecule has 3 aromatic rings. The van der Waals surface area contributed by atoms with Gasteiger partial charge in [0.2, 0.25) is 0 Å². The number of nitrogens with zero attached hydrogens (tertiary/aromatic N) is 1. The van der Waals surface area contributed by atoms with Gasteiger partial charge in [-0.25, -0.2) is 0 Å². The van der Waals surface area contributed by atoms with Gasteiger partial charge < -0.3 is 16.0 Å². The topological polar surface area (TPSA) is 83.8 Å². The van der Waals surface area contributed by atoms with E-state index in [2.05, 4.69) is 27.4 Å². The number of rotatable bonds is 3. The molecule has 1 aliphatic carbocycles. The highest BCUT2D eigenvalue weighted by Gasteiger charge is 2.25. The van der Waals surface area contributed by atoms with Crippen LogP contribution in [0.25, 0.3) is 10.9 Å². The molecule has 2 aromatic heterocycles. The number of hydrogen-bond acceptors (Lipinski definition) is 3. The summed E-state index contributed by atoms with van der Waals surface area (Å²) in [5.41, 5.74) is 10.8. The van der Waals surface area contributed by atoms with E-state index in [1.807, 2.05) is 18.3 Å². The molecule has 4 rings (SSSR count). The highest BCUT2D eigenvalue weighted by Crippen LogP contribution is 2.32. The maximum Gasteiger partial charge on any atom is 0.254 e. The minimum Gasteiger partial charge on any atom is -0.360 e. The van der Waals surface area contributed by atoms with Gasteiger partial charge in [0.15, 0.2) is 0 Å². The summed E-state index contributed by atoms with van der Waals surface area (Å²) in [4.78, 5) is 19.9. The average Bonchev–Trinajstić information content (AvgIpc) is 3.21. The van der Waals surface area contributed by atoms with Crippen LogP contribution in [0.3, 0.4) is 0 Å². The number of aromatic amines is 1. The molecule has 5 nitrogen and oxygen atoms in total. The summed E-state index contributed by atoms with van der Waals surface area (Å²) in [5.74, 6) is -0.0801. The minimum absolute atomic E-state index is 0.0542. The van der Waals surface area contributed by atoms with Crippen molar-refractivity contribution in [3.8, 4) is 0 Å². The van der Waals surface area contributed by atoms with Crippen molar-refractivity contribution >= 4 is 16.8 Å². The fraction of sp³-hybridized carbons (Fsp3) is 0.222. The van der Waals surface area contributed by atoms with Crippen LogP contribution < -0.4 is 11.1 Å². The van der Waals surface area contributed by atoms with Gasteiger partial charge in [-0.05, 0) is 35.6 Å². The molecular weight excluding hydrogens is 288 g/mol. The normalized spacial score (nSPS) is 16.5. The molecule has 1 amide bonds. The van der Waals surface area contributed by atoms with E-state index in [4.69, 9.17) is 5.73 Å². The van der Waals surface area contributed by atoms with Crippen LogP contribution in [0, 0.1) is 0 Å². The van der Waals surface area contributed by atoms with Crippen molar-refractivity contribution in [1.29, 1.82) is 0 Å². The Balaban J connectivity index is 1.60. The smallest absolute Gasteiger partial charge is 0.254 e. The predicted octanol–water partition coefficient (Wildman–Crippen LogP) is 2.44. The first-order valence-corrected chi connectivity index (χ1v) is 7.80. The van der Waals surface area contributed by atoms with Gasteiger partial charge in [0, 0.05) is 24.3 Å². The van der Waals surface area contributed by atoms with Crippen LogP contribution in [0.15, 0.2) is 42.9 Å². The molecular formula is C18H18N4O. The molecule has 0 saturated carbocycles. The Kier molecular flexibility index (Phi) is 3.35. The SMILES string of the molecule is NCc1ccc2c(c1)CCC2NC(=O)c1cncc2[nH]ccc12. The number of aryl methyl sites for hydroxylation is 1. The highest BCUT2D eigenvalue weighted by molar-refractivity contribution is 6.06. The number of carbonyl (C=O) groups is 1. The third kappa shape index (κ3) is 2.39. The Morgan fingerprint density at radius 3 is 3.13 bits per heavy atom. The van der Waals surface area contributed by atoms with Crippen molar-refractivity contribution in [2.24, 2.45) is 5.73 Å². The summed E-state index contributed by atoms with van der Waals surface area (Å²) in [5, 5.41) is 4.04. The van der Waals surface area contributed by atoms with Crippen LogP contribution in [-0.4, -0.2) is 15.9 Å². The summed E-state index contributed by atoms with van der Waals surface area (Å²) in [6.07, 6.45) is 7.07. The van der Waals surface area contributed by atoms with E-state index in [9.17, 15) is 4.79 Å². The number of amides is 1. The van der Waals surface area contributed by atoms with E-state index in [-0.39, 0.29) is 11.9 Å². The fourth-order valence-corrected chi connectivity index (χ4v) is 3.34. The van der Waals surface area contributed by atoms with Gasteiger partial charge in [-0.3, -0.25) is 9.78 Å². The Labute approximate surface area is 133 Å². The van der Waals surface area contributed by atoms with Crippen molar-refractivity contribution in [2.45, 2.75) is 25.4 Å². The zero-order valence-corrected chi connectivity index (χ0v) is 12.7. The second kappa shape index (κ2) is 5.52. The molecule has 0 fully saturated rings. The third-order valence-electron chi connectivity index (χ3n) is 4.55. The number of fused-ring (bicyclic) bond motifs is 2. The van der Waals surface area contributed by atoms with E-state index in [0.717, 1.165) is 29.3 Å². The number of carbonyl (C=O) groups excluding carboxylic acids is 1. The lowest BCUT2D eigenvalue weighted by molar-refractivity contribution is 0.0938. The molecule has 2 heterocycles. The van der Waals surface area contributed by atoms with Gasteiger partial charge in [0.1, 0.15) is 0 Å². The second-order valence-electron chi connectivity index (χ2n) is 5.93. The molecule has 1 aromatic carbocycles. The zero-order valence-electron chi connectivity index (χ0n) is 12.7. The summed E-state index contributed by atoms with van der Waals surface area (Å²) in [6.45, 7) is 0.547. The van der Waals surface area contributed by atoms with Crippen molar-refractivity contribution in [1.82, 2.24) is 15.3 Å². The van der Waals surface area contributed by atoms with Crippen LogP contribution in [0.2, 0.25) is 0 Å². The highest BCUT2D eigenvalue weighted by atomic mass is 16.1. The molecule has 0 radical (unpaired) electrons. The van der Waals surface area contributed by atoms with Gasteiger partial charge in [-0.2, -0.15) is 0 Å². The number of nitrogens with one attached hydrogen (secondary N) is 2. The van der Waals surface area contributed by atoms with E-state index >= 15 is 0 Å². The van der Waals surface area contributed by atoms with Crippen molar-refractivity contribution in [2.75, 3.05) is 0 Å². The van der Waals surface area contributed by atoms with Crippen molar-refractivity contribution < 1.29 is 4.79 Å². The fourth-order valence-electron chi connectivity index (χ4n) is 3.34. The Bertz CT molecular complexity index is 884.